The second-order valence-corrected chi connectivity index (χ2v) is 10.0. The summed E-state index contributed by atoms with van der Waals surface area (Å²) in [6.07, 6.45) is -0.215. The first kappa shape index (κ1) is 26.3. The maximum atomic E-state index is 13.1. The van der Waals surface area contributed by atoms with Gasteiger partial charge in [0.15, 0.2) is 11.5 Å². The lowest BCUT2D eigenvalue weighted by molar-refractivity contribution is -0.117. The summed E-state index contributed by atoms with van der Waals surface area (Å²) in [6.45, 7) is 4.73. The van der Waals surface area contributed by atoms with Crippen molar-refractivity contribution in [3.05, 3.63) is 94.8 Å². The molecule has 1 aliphatic heterocycles. The van der Waals surface area contributed by atoms with E-state index in [-0.39, 0.29) is 42.2 Å². The number of benzene rings is 2. The second kappa shape index (κ2) is 11.0. The molecule has 2 aromatic rings. The van der Waals surface area contributed by atoms with Gasteiger partial charge in [-0.05, 0) is 30.3 Å². The fraction of sp³-hybridized carbons (Fsp3) is 0.250. The molecular formula is C24H28FN4O5P. The third-order valence-corrected chi connectivity index (χ3v) is 6.24. The lowest BCUT2D eigenvalue weighted by atomic mass is 10.1. The standard InChI is InChI=1S/C24H28FN4O5P/c1-16-22(30)21(24(31)26-14-17-6-10-20(25)11-7-17)27-23(29(16)3)19-8-4-18(5-9-19)15-28(2)12-13-35(32,33)34/h4-11,30H,1,12-15H2,2-3H3,(H,26,31)(H2,32,33,34). The van der Waals surface area contributed by atoms with Crippen LogP contribution in [0.5, 0.6) is 0 Å². The Morgan fingerprint density at radius 2 is 1.74 bits per heavy atom. The predicted molar refractivity (Wildman–Crippen MR) is 131 cm³/mol. The molecule has 1 aliphatic rings. The van der Waals surface area contributed by atoms with Gasteiger partial charge in [0, 0.05) is 32.2 Å². The summed E-state index contributed by atoms with van der Waals surface area (Å²) in [7, 11) is -0.601. The second-order valence-electron chi connectivity index (χ2n) is 8.27. The fourth-order valence-electron chi connectivity index (χ4n) is 3.39. The third-order valence-electron chi connectivity index (χ3n) is 5.46. The van der Waals surface area contributed by atoms with Crippen molar-refractivity contribution in [2.45, 2.75) is 13.1 Å². The fourth-order valence-corrected chi connectivity index (χ4v) is 3.99. The predicted octanol–water partition coefficient (Wildman–Crippen LogP) is 2.73. The van der Waals surface area contributed by atoms with Crippen molar-refractivity contribution < 1.29 is 28.6 Å². The van der Waals surface area contributed by atoms with E-state index in [1.54, 1.807) is 31.1 Å². The Bertz CT molecular complexity index is 1210. The Balaban J connectivity index is 1.73. The molecule has 0 spiro atoms. The van der Waals surface area contributed by atoms with Crippen LogP contribution < -0.4 is 5.32 Å². The SMILES string of the molecule is C=C1C(O)=C(C(=O)NCc2ccc(F)cc2)N=C(c2ccc(CN(C)CCP(=O)(O)O)cc2)N1C. The van der Waals surface area contributed by atoms with E-state index in [0.717, 1.165) is 5.56 Å². The van der Waals surface area contributed by atoms with Gasteiger partial charge in [0.1, 0.15) is 11.7 Å². The molecule has 0 fully saturated rings. The number of rotatable bonds is 9. The number of nitrogens with zero attached hydrogens (tertiary/aromatic N) is 3. The minimum Gasteiger partial charge on any atom is -0.504 e. The third kappa shape index (κ3) is 7.10. The topological polar surface area (TPSA) is 126 Å². The number of likely N-dealkylation sites (N-methyl/N-ethyl adjacent to an activating group) is 1. The number of aliphatic hydroxyl groups is 1. The molecule has 11 heteroatoms. The Kier molecular flexibility index (Phi) is 8.24. The average molecular weight is 502 g/mol. The number of nitrogens with one attached hydrogen (secondary N) is 1. The zero-order valence-corrected chi connectivity index (χ0v) is 20.4. The number of amidine groups is 1. The van der Waals surface area contributed by atoms with Crippen LogP contribution in [-0.2, 0) is 22.4 Å². The highest BCUT2D eigenvalue weighted by atomic mass is 31.2. The molecule has 0 saturated carbocycles. The van der Waals surface area contributed by atoms with Crippen LogP contribution in [0.2, 0.25) is 0 Å². The first-order chi connectivity index (χ1) is 16.4. The van der Waals surface area contributed by atoms with E-state index in [2.05, 4.69) is 16.9 Å². The first-order valence-electron chi connectivity index (χ1n) is 10.7. The molecule has 2 aromatic carbocycles. The Labute approximate surface area is 203 Å². The molecule has 1 heterocycles. The minimum atomic E-state index is -4.05. The van der Waals surface area contributed by atoms with Gasteiger partial charge < -0.3 is 30.0 Å². The van der Waals surface area contributed by atoms with Gasteiger partial charge >= 0.3 is 7.60 Å². The monoisotopic (exact) mass is 502 g/mol. The molecule has 0 aromatic heterocycles. The quantitative estimate of drug-likeness (QED) is 0.389. The summed E-state index contributed by atoms with van der Waals surface area (Å²) < 4.78 is 24.2. The molecule has 0 unspecified atom stereocenters. The van der Waals surface area contributed by atoms with Crippen LogP contribution in [0.3, 0.4) is 0 Å². The van der Waals surface area contributed by atoms with Gasteiger partial charge in [-0.3, -0.25) is 9.36 Å². The maximum Gasteiger partial charge on any atom is 0.326 e. The van der Waals surface area contributed by atoms with Crippen LogP contribution in [-0.4, -0.2) is 63.2 Å². The molecule has 0 atom stereocenters. The minimum absolute atomic E-state index is 0.132. The summed E-state index contributed by atoms with van der Waals surface area (Å²) >= 11 is 0. The van der Waals surface area contributed by atoms with Crippen LogP contribution >= 0.6 is 7.60 Å². The summed E-state index contributed by atoms with van der Waals surface area (Å²) in [4.78, 5) is 38.6. The Hall–Kier alpha value is -3.30. The van der Waals surface area contributed by atoms with Gasteiger partial charge in [0.05, 0.1) is 11.9 Å². The maximum absolute atomic E-state index is 13.1. The van der Waals surface area contributed by atoms with Crippen LogP contribution in [0.15, 0.2) is 77.3 Å². The van der Waals surface area contributed by atoms with Gasteiger partial charge in [-0.15, -0.1) is 0 Å². The molecule has 35 heavy (non-hydrogen) atoms. The van der Waals surface area contributed by atoms with Crippen molar-refractivity contribution in [1.29, 1.82) is 0 Å². The van der Waals surface area contributed by atoms with Crippen LogP contribution in [0, 0.1) is 5.82 Å². The molecule has 4 N–H and O–H groups in total. The summed E-state index contributed by atoms with van der Waals surface area (Å²) in [5.41, 5.74) is 2.34. The van der Waals surface area contributed by atoms with Gasteiger partial charge in [-0.1, -0.05) is 43.0 Å². The molecule has 0 radical (unpaired) electrons. The van der Waals surface area contributed by atoms with E-state index in [0.29, 0.717) is 23.5 Å². The normalized spacial score (nSPS) is 14.4. The zero-order chi connectivity index (χ0) is 25.8. The van der Waals surface area contributed by atoms with Gasteiger partial charge in [0.25, 0.3) is 5.91 Å². The number of aliphatic hydroxyl groups excluding tert-OH is 1. The number of aliphatic imine (C=N–C) groups is 1. The van der Waals surface area contributed by atoms with Crippen molar-refractivity contribution in [3.8, 4) is 0 Å². The Morgan fingerprint density at radius 1 is 1.14 bits per heavy atom. The van der Waals surface area contributed by atoms with Gasteiger partial charge in [-0.25, -0.2) is 9.38 Å². The molecule has 1 amide bonds. The van der Waals surface area contributed by atoms with Crippen LogP contribution in [0.4, 0.5) is 4.39 Å². The Morgan fingerprint density at radius 3 is 2.34 bits per heavy atom. The van der Waals surface area contributed by atoms with Crippen LogP contribution in [0.25, 0.3) is 0 Å². The number of amides is 1. The van der Waals surface area contributed by atoms with E-state index in [4.69, 9.17) is 9.79 Å². The number of carbonyl (C=O) groups is 1. The van der Waals surface area contributed by atoms with E-state index < -0.39 is 13.5 Å². The van der Waals surface area contributed by atoms with E-state index in [9.17, 15) is 18.9 Å². The van der Waals surface area contributed by atoms with Crippen molar-refractivity contribution in [1.82, 2.24) is 15.1 Å². The van der Waals surface area contributed by atoms with Crippen molar-refractivity contribution in [3.63, 3.8) is 0 Å². The summed E-state index contributed by atoms with van der Waals surface area (Å²) in [6, 6.07) is 13.0. The number of hydrogen-bond acceptors (Lipinski definition) is 6. The molecule has 3 rings (SSSR count). The average Bonchev–Trinajstić information content (AvgIpc) is 2.81. The molecule has 0 saturated heterocycles. The summed E-state index contributed by atoms with van der Waals surface area (Å²) in [5, 5.41) is 13.2. The van der Waals surface area contributed by atoms with E-state index in [1.165, 1.54) is 12.1 Å². The van der Waals surface area contributed by atoms with Gasteiger partial charge in [-0.2, -0.15) is 0 Å². The zero-order valence-electron chi connectivity index (χ0n) is 19.5. The van der Waals surface area contributed by atoms with Crippen molar-refractivity contribution >= 4 is 19.3 Å². The van der Waals surface area contributed by atoms with Crippen molar-refractivity contribution in [2.75, 3.05) is 26.8 Å². The molecule has 0 bridgehead atoms. The summed E-state index contributed by atoms with van der Waals surface area (Å²) in [5.74, 6) is -0.890. The smallest absolute Gasteiger partial charge is 0.326 e. The van der Waals surface area contributed by atoms with E-state index >= 15 is 0 Å². The molecule has 9 nitrogen and oxygen atoms in total. The number of halogens is 1. The van der Waals surface area contributed by atoms with Crippen molar-refractivity contribution in [2.24, 2.45) is 4.99 Å². The number of hydrogen-bond donors (Lipinski definition) is 4. The lowest BCUT2D eigenvalue weighted by Crippen LogP contribution is -2.35. The first-order valence-corrected chi connectivity index (χ1v) is 12.5. The largest absolute Gasteiger partial charge is 0.504 e. The molecule has 0 aliphatic carbocycles. The highest BCUT2D eigenvalue weighted by molar-refractivity contribution is 7.51. The number of carbonyl (C=O) groups excluding carboxylic acids is 1. The highest BCUT2D eigenvalue weighted by Crippen LogP contribution is 2.33. The molecular weight excluding hydrogens is 474 g/mol. The molecule has 186 valence electrons. The highest BCUT2D eigenvalue weighted by Gasteiger charge is 2.27. The van der Waals surface area contributed by atoms with Gasteiger partial charge in [0.2, 0.25) is 0 Å². The lowest BCUT2D eigenvalue weighted by Gasteiger charge is -2.28. The van der Waals surface area contributed by atoms with E-state index in [1.807, 2.05) is 29.2 Å². The van der Waals surface area contributed by atoms with Crippen LogP contribution in [0.1, 0.15) is 16.7 Å².